The van der Waals surface area contributed by atoms with Crippen molar-refractivity contribution in [2.75, 3.05) is 7.11 Å². The molecule has 3 rings (SSSR count). The van der Waals surface area contributed by atoms with Crippen molar-refractivity contribution in [3.63, 3.8) is 0 Å². The molecule has 1 aromatic carbocycles. The average molecular weight is 341 g/mol. The lowest BCUT2D eigenvalue weighted by atomic mass is 10.2. The van der Waals surface area contributed by atoms with Gasteiger partial charge in [0.25, 0.3) is 5.91 Å². The van der Waals surface area contributed by atoms with Crippen molar-refractivity contribution in [3.05, 3.63) is 58.7 Å². The Morgan fingerprint density at radius 3 is 2.68 bits per heavy atom. The predicted molar refractivity (Wildman–Crippen MR) is 89.3 cm³/mol. The summed E-state index contributed by atoms with van der Waals surface area (Å²) in [5.74, 6) is 1.20. The quantitative estimate of drug-likeness (QED) is 0.735. The molecule has 0 atom stereocenters. The number of carbonyl (C=O) groups is 1. The Morgan fingerprint density at radius 1 is 1.28 bits per heavy atom. The molecule has 0 aliphatic heterocycles. The smallest absolute Gasteiger partial charge is 0.274 e. The van der Waals surface area contributed by atoms with Gasteiger partial charge in [0.1, 0.15) is 17.2 Å². The first-order valence-electron chi connectivity index (χ1n) is 7.80. The van der Waals surface area contributed by atoms with Crippen LogP contribution < -0.4 is 10.1 Å². The van der Waals surface area contributed by atoms with Gasteiger partial charge in [0.2, 0.25) is 0 Å². The van der Waals surface area contributed by atoms with Crippen LogP contribution in [0.4, 0.5) is 0 Å². The van der Waals surface area contributed by atoms with Crippen LogP contribution >= 0.6 is 0 Å². The van der Waals surface area contributed by atoms with E-state index in [1.54, 1.807) is 24.8 Å². The zero-order chi connectivity index (χ0) is 17.8. The number of nitrogens with zero attached hydrogens (tertiary/aromatic N) is 4. The number of rotatable bonds is 6. The molecule has 1 amide bonds. The van der Waals surface area contributed by atoms with Gasteiger partial charge in [-0.05, 0) is 31.5 Å². The molecule has 0 spiro atoms. The van der Waals surface area contributed by atoms with Gasteiger partial charge in [-0.25, -0.2) is 4.68 Å². The Morgan fingerprint density at radius 2 is 2.04 bits per heavy atom. The third kappa shape index (κ3) is 3.85. The van der Waals surface area contributed by atoms with Crippen LogP contribution in [0.15, 0.2) is 34.9 Å². The number of hydrogen-bond acceptors (Lipinski definition) is 6. The molecule has 2 aromatic heterocycles. The van der Waals surface area contributed by atoms with E-state index >= 15 is 0 Å². The minimum Gasteiger partial charge on any atom is -0.497 e. The molecular formula is C17H19N5O3. The van der Waals surface area contributed by atoms with Gasteiger partial charge >= 0.3 is 0 Å². The van der Waals surface area contributed by atoms with Gasteiger partial charge in [0.05, 0.1) is 25.9 Å². The van der Waals surface area contributed by atoms with E-state index in [0.717, 1.165) is 11.3 Å². The van der Waals surface area contributed by atoms with Crippen molar-refractivity contribution >= 4 is 5.91 Å². The van der Waals surface area contributed by atoms with E-state index in [4.69, 9.17) is 9.26 Å². The average Bonchev–Trinajstić information content (AvgIpc) is 3.20. The second-order valence-electron chi connectivity index (χ2n) is 5.64. The molecule has 130 valence electrons. The van der Waals surface area contributed by atoms with Crippen LogP contribution in [0.1, 0.15) is 33.2 Å². The molecule has 3 aromatic rings. The Labute approximate surface area is 144 Å². The van der Waals surface area contributed by atoms with Crippen molar-refractivity contribution < 1.29 is 14.1 Å². The fourth-order valence-electron chi connectivity index (χ4n) is 2.38. The highest BCUT2D eigenvalue weighted by Crippen LogP contribution is 2.13. The number of nitrogens with one attached hydrogen (secondary N) is 1. The number of aryl methyl sites for hydroxylation is 1. The topological polar surface area (TPSA) is 95.1 Å². The van der Waals surface area contributed by atoms with E-state index in [1.165, 1.54) is 0 Å². The number of carbonyl (C=O) groups excluding carboxylic acids is 1. The molecule has 0 saturated heterocycles. The summed E-state index contributed by atoms with van der Waals surface area (Å²) >= 11 is 0. The highest BCUT2D eigenvalue weighted by atomic mass is 16.5. The van der Waals surface area contributed by atoms with Crippen LogP contribution in [0.5, 0.6) is 5.75 Å². The Bertz CT molecular complexity index is 867. The van der Waals surface area contributed by atoms with Crippen LogP contribution in [-0.4, -0.2) is 33.2 Å². The third-order valence-corrected chi connectivity index (χ3v) is 3.80. The summed E-state index contributed by atoms with van der Waals surface area (Å²) in [6.45, 7) is 4.42. The summed E-state index contributed by atoms with van der Waals surface area (Å²) in [7, 11) is 1.63. The van der Waals surface area contributed by atoms with Gasteiger partial charge in [0.15, 0.2) is 5.69 Å². The molecule has 8 nitrogen and oxygen atoms in total. The summed E-state index contributed by atoms with van der Waals surface area (Å²) < 4.78 is 11.8. The number of methoxy groups -OCH3 is 1. The van der Waals surface area contributed by atoms with Gasteiger partial charge in [-0.1, -0.05) is 22.5 Å². The minimum absolute atomic E-state index is 0.279. The maximum atomic E-state index is 12.3. The molecule has 0 radical (unpaired) electrons. The summed E-state index contributed by atoms with van der Waals surface area (Å²) in [5, 5.41) is 14.7. The van der Waals surface area contributed by atoms with Gasteiger partial charge in [-0.15, -0.1) is 5.10 Å². The van der Waals surface area contributed by atoms with E-state index in [2.05, 4.69) is 20.8 Å². The van der Waals surface area contributed by atoms with E-state index in [-0.39, 0.29) is 12.5 Å². The summed E-state index contributed by atoms with van der Waals surface area (Å²) in [5.41, 5.74) is 2.70. The maximum Gasteiger partial charge on any atom is 0.274 e. The SMILES string of the molecule is COc1ccc(Cn2nnc(C(=O)NCc3cc(C)on3)c2C)cc1. The normalized spacial score (nSPS) is 10.7. The van der Waals surface area contributed by atoms with E-state index in [0.29, 0.717) is 29.4 Å². The fourth-order valence-corrected chi connectivity index (χ4v) is 2.38. The predicted octanol–water partition coefficient (Wildman–Crippen LogP) is 1.87. The molecule has 0 fully saturated rings. The lowest BCUT2D eigenvalue weighted by Crippen LogP contribution is -2.24. The minimum atomic E-state index is -0.292. The van der Waals surface area contributed by atoms with Gasteiger partial charge < -0.3 is 14.6 Å². The van der Waals surface area contributed by atoms with Crippen LogP contribution in [0, 0.1) is 13.8 Å². The Hall–Kier alpha value is -3.16. The number of aromatic nitrogens is 4. The molecule has 0 aliphatic rings. The summed E-state index contributed by atoms with van der Waals surface area (Å²) in [6.07, 6.45) is 0. The highest BCUT2D eigenvalue weighted by molar-refractivity contribution is 5.93. The zero-order valence-corrected chi connectivity index (χ0v) is 14.3. The zero-order valence-electron chi connectivity index (χ0n) is 14.3. The third-order valence-electron chi connectivity index (χ3n) is 3.80. The monoisotopic (exact) mass is 341 g/mol. The summed E-state index contributed by atoms with van der Waals surface area (Å²) in [4.78, 5) is 12.3. The molecule has 0 aliphatic carbocycles. The molecule has 8 heteroatoms. The van der Waals surface area contributed by atoms with Crippen LogP contribution in [0.2, 0.25) is 0 Å². The van der Waals surface area contributed by atoms with Crippen LogP contribution in [0.25, 0.3) is 0 Å². The second kappa shape index (κ2) is 7.16. The molecule has 0 saturated carbocycles. The number of amides is 1. The highest BCUT2D eigenvalue weighted by Gasteiger charge is 2.17. The van der Waals surface area contributed by atoms with Gasteiger partial charge in [0, 0.05) is 6.07 Å². The van der Waals surface area contributed by atoms with Crippen molar-refractivity contribution in [2.45, 2.75) is 26.9 Å². The summed E-state index contributed by atoms with van der Waals surface area (Å²) in [6, 6.07) is 9.44. The van der Waals surface area contributed by atoms with Crippen molar-refractivity contribution in [3.8, 4) is 5.75 Å². The van der Waals surface area contributed by atoms with Gasteiger partial charge in [-0.3, -0.25) is 4.79 Å². The van der Waals surface area contributed by atoms with E-state index < -0.39 is 0 Å². The van der Waals surface area contributed by atoms with Gasteiger partial charge in [-0.2, -0.15) is 0 Å². The molecule has 25 heavy (non-hydrogen) atoms. The molecule has 1 N–H and O–H groups in total. The molecular weight excluding hydrogens is 322 g/mol. The number of ether oxygens (including phenoxy) is 1. The standard InChI is InChI=1S/C17H19N5O3/c1-11-8-14(20-25-11)9-18-17(23)16-12(2)22(21-19-16)10-13-4-6-15(24-3)7-5-13/h4-8H,9-10H2,1-3H3,(H,18,23). The number of benzene rings is 1. The van der Waals surface area contributed by atoms with E-state index in [9.17, 15) is 4.79 Å². The first-order chi connectivity index (χ1) is 12.1. The molecule has 0 bridgehead atoms. The lowest BCUT2D eigenvalue weighted by Gasteiger charge is -2.05. The Kier molecular flexibility index (Phi) is 4.78. The molecule has 0 unspecified atom stereocenters. The largest absolute Gasteiger partial charge is 0.497 e. The van der Waals surface area contributed by atoms with Crippen LogP contribution in [-0.2, 0) is 13.1 Å². The first-order valence-corrected chi connectivity index (χ1v) is 7.80. The second-order valence-corrected chi connectivity index (χ2v) is 5.64. The fraction of sp³-hybridized carbons (Fsp3) is 0.294. The number of hydrogen-bond donors (Lipinski definition) is 1. The maximum absolute atomic E-state index is 12.3. The van der Waals surface area contributed by atoms with Crippen molar-refractivity contribution in [1.29, 1.82) is 0 Å². The van der Waals surface area contributed by atoms with Crippen molar-refractivity contribution in [1.82, 2.24) is 25.5 Å². The van der Waals surface area contributed by atoms with E-state index in [1.807, 2.05) is 31.2 Å². The first kappa shape index (κ1) is 16.7. The van der Waals surface area contributed by atoms with Crippen LogP contribution in [0.3, 0.4) is 0 Å². The Balaban J connectivity index is 1.66. The van der Waals surface area contributed by atoms with Crippen molar-refractivity contribution in [2.24, 2.45) is 0 Å². The lowest BCUT2D eigenvalue weighted by molar-refractivity contribution is 0.0944. The molecule has 2 heterocycles.